The van der Waals surface area contributed by atoms with E-state index in [1.165, 1.54) is 11.1 Å². The molecule has 1 heterocycles. The number of hydrogen-bond acceptors (Lipinski definition) is 2. The van der Waals surface area contributed by atoms with E-state index in [-0.39, 0.29) is 11.5 Å². The molecule has 0 saturated heterocycles. The molecule has 0 atom stereocenters. The molecule has 0 aliphatic heterocycles. The van der Waals surface area contributed by atoms with Gasteiger partial charge in [-0.05, 0) is 77.9 Å². The van der Waals surface area contributed by atoms with Crippen molar-refractivity contribution in [3.05, 3.63) is 105 Å². The minimum Gasteiger partial charge on any atom is -0.478 e. The maximum Gasteiger partial charge on any atom is 0.335 e. The van der Waals surface area contributed by atoms with E-state index in [9.17, 15) is 9.59 Å². The average Bonchev–Trinajstić information content (AvgIpc) is 3.45. The van der Waals surface area contributed by atoms with Crippen molar-refractivity contribution < 1.29 is 14.7 Å². The number of aromatic nitrogens is 1. The summed E-state index contributed by atoms with van der Waals surface area (Å²) in [6.45, 7) is 0.978. The fourth-order valence-corrected chi connectivity index (χ4v) is 4.75. The number of rotatable bonds is 6. The third-order valence-corrected chi connectivity index (χ3v) is 6.54. The number of aryl methyl sites for hydroxylation is 2. The normalized spacial score (nSPS) is 12.6. The van der Waals surface area contributed by atoms with Crippen molar-refractivity contribution >= 4 is 34.4 Å². The molecule has 3 aromatic carbocycles. The van der Waals surface area contributed by atoms with E-state index in [2.05, 4.69) is 22.1 Å². The van der Waals surface area contributed by atoms with Crippen LogP contribution in [0.4, 0.5) is 0 Å². The summed E-state index contributed by atoms with van der Waals surface area (Å²) in [7, 11) is 0. The summed E-state index contributed by atoms with van der Waals surface area (Å²) >= 11 is 6.04. The summed E-state index contributed by atoms with van der Waals surface area (Å²) < 4.78 is 2.13. The lowest BCUT2D eigenvalue weighted by atomic mass is 10.0. The average molecular weight is 459 g/mol. The Labute approximate surface area is 196 Å². The standard InChI is InChI=1S/C27H23ClN2O3/c28-21-10-6-18(7-11-21)16-30-13-12-23-22-3-1-2-20(22)14-24(25(23)30)26(31)29-15-17-4-8-19(9-5-17)27(32)33/h4-14H,1-3,15-16H2,(H,29,31)(H,32,33). The van der Waals surface area contributed by atoms with Crippen LogP contribution in [0.15, 0.2) is 66.9 Å². The van der Waals surface area contributed by atoms with Crippen LogP contribution in [-0.2, 0) is 25.9 Å². The van der Waals surface area contributed by atoms with E-state index in [1.54, 1.807) is 24.3 Å². The monoisotopic (exact) mass is 458 g/mol. The van der Waals surface area contributed by atoms with Crippen LogP contribution in [0.2, 0.25) is 5.02 Å². The third kappa shape index (κ3) is 4.24. The number of carboxylic acids is 1. The van der Waals surface area contributed by atoms with Gasteiger partial charge in [0.15, 0.2) is 0 Å². The smallest absolute Gasteiger partial charge is 0.335 e. The molecule has 5 nitrogen and oxygen atoms in total. The Morgan fingerprint density at radius 1 is 0.970 bits per heavy atom. The number of carboxylic acid groups (broad SMARTS) is 1. The van der Waals surface area contributed by atoms with E-state index in [4.69, 9.17) is 16.7 Å². The SMILES string of the molecule is O=C(O)c1ccc(CNC(=O)c2cc3c(c4ccn(Cc5ccc(Cl)cc5)c24)CCC3)cc1. The van der Waals surface area contributed by atoms with Crippen molar-refractivity contribution in [2.75, 3.05) is 0 Å². The molecule has 6 heteroatoms. The first-order chi connectivity index (χ1) is 16.0. The van der Waals surface area contributed by atoms with E-state index in [0.717, 1.165) is 41.3 Å². The number of fused-ring (bicyclic) bond motifs is 3. The zero-order valence-corrected chi connectivity index (χ0v) is 18.7. The minimum absolute atomic E-state index is 0.131. The molecule has 166 valence electrons. The van der Waals surface area contributed by atoms with Gasteiger partial charge in [-0.2, -0.15) is 0 Å². The predicted molar refractivity (Wildman–Crippen MR) is 129 cm³/mol. The number of hydrogen-bond donors (Lipinski definition) is 2. The van der Waals surface area contributed by atoms with Gasteiger partial charge in [-0.1, -0.05) is 35.9 Å². The maximum atomic E-state index is 13.3. The summed E-state index contributed by atoms with van der Waals surface area (Å²) in [5.41, 5.74) is 6.41. The zero-order chi connectivity index (χ0) is 22.9. The molecular weight excluding hydrogens is 436 g/mol. The zero-order valence-electron chi connectivity index (χ0n) is 18.0. The molecule has 1 aromatic heterocycles. The van der Waals surface area contributed by atoms with Gasteiger partial charge in [-0.25, -0.2) is 4.79 Å². The molecular formula is C27H23ClN2O3. The highest BCUT2D eigenvalue weighted by atomic mass is 35.5. The van der Waals surface area contributed by atoms with Crippen LogP contribution >= 0.6 is 11.6 Å². The number of benzene rings is 3. The highest BCUT2D eigenvalue weighted by molar-refractivity contribution is 6.30. The molecule has 0 spiro atoms. The minimum atomic E-state index is -0.965. The second-order valence-corrected chi connectivity index (χ2v) is 8.87. The lowest BCUT2D eigenvalue weighted by Gasteiger charge is -2.14. The van der Waals surface area contributed by atoms with Crippen LogP contribution in [0.5, 0.6) is 0 Å². The number of carbonyl (C=O) groups excluding carboxylic acids is 1. The van der Waals surface area contributed by atoms with Crippen LogP contribution in [0.3, 0.4) is 0 Å². The summed E-state index contributed by atoms with van der Waals surface area (Å²) in [5.74, 6) is -1.10. The summed E-state index contributed by atoms with van der Waals surface area (Å²) in [5, 5.41) is 13.9. The molecule has 1 amide bonds. The summed E-state index contributed by atoms with van der Waals surface area (Å²) in [6, 6.07) is 18.5. The number of carbonyl (C=O) groups is 2. The van der Waals surface area contributed by atoms with Crippen LogP contribution in [0.25, 0.3) is 10.9 Å². The van der Waals surface area contributed by atoms with Crippen molar-refractivity contribution in [3.63, 3.8) is 0 Å². The number of nitrogens with one attached hydrogen (secondary N) is 1. The van der Waals surface area contributed by atoms with Gasteiger partial charge in [0.05, 0.1) is 16.6 Å². The van der Waals surface area contributed by atoms with Gasteiger partial charge in [0.2, 0.25) is 0 Å². The van der Waals surface area contributed by atoms with Crippen molar-refractivity contribution in [2.45, 2.75) is 32.4 Å². The number of amides is 1. The largest absolute Gasteiger partial charge is 0.478 e. The molecule has 0 fully saturated rings. The first-order valence-corrected chi connectivity index (χ1v) is 11.4. The number of aromatic carboxylic acids is 1. The first-order valence-electron chi connectivity index (χ1n) is 11.0. The quantitative estimate of drug-likeness (QED) is 0.403. The molecule has 2 N–H and O–H groups in total. The Hall–Kier alpha value is -3.57. The van der Waals surface area contributed by atoms with Gasteiger partial charge in [0.25, 0.3) is 5.91 Å². The van der Waals surface area contributed by atoms with E-state index in [0.29, 0.717) is 23.7 Å². The first kappa shape index (κ1) is 21.3. The van der Waals surface area contributed by atoms with Crippen LogP contribution in [0.1, 0.15) is 49.4 Å². The van der Waals surface area contributed by atoms with E-state index < -0.39 is 5.97 Å². The second kappa shape index (κ2) is 8.75. The van der Waals surface area contributed by atoms with Gasteiger partial charge >= 0.3 is 5.97 Å². The van der Waals surface area contributed by atoms with E-state index in [1.807, 2.05) is 30.3 Å². The Balaban J connectivity index is 1.46. The van der Waals surface area contributed by atoms with E-state index >= 15 is 0 Å². The number of nitrogens with zero attached hydrogens (tertiary/aromatic N) is 1. The van der Waals surface area contributed by atoms with Crippen LogP contribution < -0.4 is 5.32 Å². The predicted octanol–water partition coefficient (Wildman–Crippen LogP) is 5.46. The summed E-state index contributed by atoms with van der Waals surface area (Å²) in [4.78, 5) is 24.4. The Morgan fingerprint density at radius 3 is 2.42 bits per heavy atom. The van der Waals surface area contributed by atoms with Gasteiger partial charge in [-0.3, -0.25) is 4.79 Å². The fraction of sp³-hybridized carbons (Fsp3) is 0.185. The topological polar surface area (TPSA) is 71.3 Å². The molecule has 4 aromatic rings. The highest BCUT2D eigenvalue weighted by Crippen LogP contribution is 2.34. The molecule has 0 radical (unpaired) electrons. The Bertz CT molecular complexity index is 1360. The van der Waals surface area contributed by atoms with Crippen molar-refractivity contribution in [1.29, 1.82) is 0 Å². The second-order valence-electron chi connectivity index (χ2n) is 8.43. The van der Waals surface area contributed by atoms with Gasteiger partial charge in [0.1, 0.15) is 0 Å². The molecule has 0 unspecified atom stereocenters. The molecule has 33 heavy (non-hydrogen) atoms. The molecule has 0 bridgehead atoms. The lowest BCUT2D eigenvalue weighted by Crippen LogP contribution is -2.24. The van der Waals surface area contributed by atoms with Crippen molar-refractivity contribution in [2.24, 2.45) is 0 Å². The van der Waals surface area contributed by atoms with Gasteiger partial charge in [-0.15, -0.1) is 0 Å². The van der Waals surface area contributed by atoms with Crippen molar-refractivity contribution in [1.82, 2.24) is 9.88 Å². The fourth-order valence-electron chi connectivity index (χ4n) is 4.63. The Morgan fingerprint density at radius 2 is 1.70 bits per heavy atom. The molecule has 1 aliphatic carbocycles. The molecule has 0 saturated carbocycles. The van der Waals surface area contributed by atoms with Crippen LogP contribution in [-0.4, -0.2) is 21.6 Å². The van der Waals surface area contributed by atoms with Crippen LogP contribution in [0, 0.1) is 0 Å². The maximum absolute atomic E-state index is 13.3. The molecule has 1 aliphatic rings. The van der Waals surface area contributed by atoms with Gasteiger partial charge in [0, 0.05) is 29.7 Å². The number of halogens is 1. The van der Waals surface area contributed by atoms with Gasteiger partial charge < -0.3 is 15.0 Å². The third-order valence-electron chi connectivity index (χ3n) is 6.29. The molecule has 5 rings (SSSR count). The Kier molecular flexibility index (Phi) is 5.65. The highest BCUT2D eigenvalue weighted by Gasteiger charge is 2.22. The lowest BCUT2D eigenvalue weighted by molar-refractivity contribution is 0.0696. The summed E-state index contributed by atoms with van der Waals surface area (Å²) in [6.07, 6.45) is 5.19. The van der Waals surface area contributed by atoms with Crippen molar-refractivity contribution in [3.8, 4) is 0 Å².